The first kappa shape index (κ1) is 22.3. The molecule has 164 valence electrons. The Bertz CT molecular complexity index is 1250. The predicted octanol–water partition coefficient (Wildman–Crippen LogP) is 5.78. The molecule has 2 heterocycles. The molecular formula is C24H23ClN4O2S. The van der Waals surface area contributed by atoms with Gasteiger partial charge in [0.05, 0.1) is 23.6 Å². The molecule has 2 aromatic heterocycles. The van der Waals surface area contributed by atoms with Gasteiger partial charge in [-0.05, 0) is 50.1 Å². The normalized spacial score (nSPS) is 11.1. The molecule has 0 bridgehead atoms. The van der Waals surface area contributed by atoms with E-state index in [0.29, 0.717) is 28.5 Å². The van der Waals surface area contributed by atoms with Crippen molar-refractivity contribution < 1.29 is 9.53 Å². The fourth-order valence-electron chi connectivity index (χ4n) is 3.42. The lowest BCUT2D eigenvalue weighted by atomic mass is 10.0. The fourth-order valence-corrected chi connectivity index (χ4v) is 4.44. The van der Waals surface area contributed by atoms with Crippen LogP contribution in [0.5, 0.6) is 0 Å². The molecular weight excluding hydrogens is 444 g/mol. The average molecular weight is 467 g/mol. The molecule has 0 aliphatic heterocycles. The molecule has 0 spiro atoms. The molecule has 0 saturated heterocycles. The van der Waals surface area contributed by atoms with Gasteiger partial charge in [-0.2, -0.15) is 5.10 Å². The van der Waals surface area contributed by atoms with E-state index in [1.165, 1.54) is 5.56 Å². The number of esters is 1. The summed E-state index contributed by atoms with van der Waals surface area (Å²) < 4.78 is 6.98. The standard InChI is InChI=1S/C24H23ClN4O2S/c1-4-19-21(16-8-10-17(25)11-9-16)23-27-26-22(24(30)31-5-2)20(29(23)28-19)14-32-18-12-6-15(3)7-13-18/h6-13H,4-5,14H2,1-3H3. The third kappa shape index (κ3) is 4.49. The van der Waals surface area contributed by atoms with Crippen LogP contribution in [0.4, 0.5) is 0 Å². The summed E-state index contributed by atoms with van der Waals surface area (Å²) in [5, 5.41) is 14.1. The average Bonchev–Trinajstić information content (AvgIpc) is 3.18. The molecule has 0 fully saturated rings. The number of ether oxygens (including phenoxy) is 1. The van der Waals surface area contributed by atoms with Gasteiger partial charge in [0.15, 0.2) is 11.3 Å². The van der Waals surface area contributed by atoms with Gasteiger partial charge in [-0.25, -0.2) is 9.31 Å². The summed E-state index contributed by atoms with van der Waals surface area (Å²) in [6.07, 6.45) is 0.709. The Kier molecular flexibility index (Phi) is 6.77. The maximum absolute atomic E-state index is 12.6. The number of aryl methyl sites for hydroxylation is 2. The molecule has 0 amide bonds. The number of thioether (sulfide) groups is 1. The smallest absolute Gasteiger partial charge is 0.360 e. The van der Waals surface area contributed by atoms with Gasteiger partial charge in [-0.15, -0.1) is 22.0 Å². The third-order valence-electron chi connectivity index (χ3n) is 5.04. The second-order valence-corrected chi connectivity index (χ2v) is 8.72. The van der Waals surface area contributed by atoms with Crippen LogP contribution in [0.1, 0.15) is 41.3 Å². The van der Waals surface area contributed by atoms with Crippen molar-refractivity contribution >= 4 is 35.0 Å². The van der Waals surface area contributed by atoms with Crippen LogP contribution in [0.3, 0.4) is 0 Å². The number of aromatic nitrogens is 4. The Hall–Kier alpha value is -2.90. The van der Waals surface area contributed by atoms with Gasteiger partial charge < -0.3 is 4.74 Å². The van der Waals surface area contributed by atoms with Gasteiger partial charge in [0.25, 0.3) is 0 Å². The Morgan fingerprint density at radius 1 is 1.06 bits per heavy atom. The second-order valence-electron chi connectivity index (χ2n) is 7.24. The molecule has 0 atom stereocenters. The molecule has 0 N–H and O–H groups in total. The predicted molar refractivity (Wildman–Crippen MR) is 127 cm³/mol. The van der Waals surface area contributed by atoms with E-state index in [9.17, 15) is 4.79 Å². The lowest BCUT2D eigenvalue weighted by molar-refractivity contribution is 0.0516. The Labute approximate surface area is 196 Å². The van der Waals surface area contributed by atoms with Crippen LogP contribution in [-0.4, -0.2) is 32.4 Å². The van der Waals surface area contributed by atoms with Crippen molar-refractivity contribution in [1.29, 1.82) is 0 Å². The zero-order valence-corrected chi connectivity index (χ0v) is 19.7. The zero-order chi connectivity index (χ0) is 22.7. The Balaban J connectivity index is 1.85. The number of hydrogen-bond acceptors (Lipinski definition) is 6. The maximum Gasteiger partial charge on any atom is 0.360 e. The SMILES string of the molecule is CCOC(=O)c1nnc2c(-c3ccc(Cl)cc3)c(CC)nn2c1CSc1ccc(C)cc1. The summed E-state index contributed by atoms with van der Waals surface area (Å²) in [6, 6.07) is 15.8. The molecule has 0 aliphatic carbocycles. The van der Waals surface area contributed by atoms with Crippen LogP contribution in [0, 0.1) is 6.92 Å². The van der Waals surface area contributed by atoms with Gasteiger partial charge in [0, 0.05) is 15.7 Å². The van der Waals surface area contributed by atoms with E-state index in [1.54, 1.807) is 23.2 Å². The van der Waals surface area contributed by atoms with Crippen molar-refractivity contribution in [2.24, 2.45) is 0 Å². The number of carbonyl (C=O) groups excluding carboxylic acids is 1. The first-order valence-electron chi connectivity index (χ1n) is 10.4. The molecule has 0 radical (unpaired) electrons. The van der Waals surface area contributed by atoms with Crippen LogP contribution in [0.15, 0.2) is 53.4 Å². The number of rotatable bonds is 7. The molecule has 2 aromatic carbocycles. The van der Waals surface area contributed by atoms with E-state index in [2.05, 4.69) is 41.4 Å². The van der Waals surface area contributed by atoms with Crippen molar-refractivity contribution in [3.8, 4) is 11.1 Å². The van der Waals surface area contributed by atoms with E-state index >= 15 is 0 Å². The first-order valence-corrected chi connectivity index (χ1v) is 11.8. The maximum atomic E-state index is 12.6. The van der Waals surface area contributed by atoms with Crippen molar-refractivity contribution in [3.05, 3.63) is 76.2 Å². The van der Waals surface area contributed by atoms with E-state index in [-0.39, 0.29) is 12.3 Å². The van der Waals surface area contributed by atoms with Gasteiger partial charge >= 0.3 is 5.97 Å². The summed E-state index contributed by atoms with van der Waals surface area (Å²) in [4.78, 5) is 13.7. The van der Waals surface area contributed by atoms with Gasteiger partial charge in [-0.3, -0.25) is 0 Å². The Morgan fingerprint density at radius 3 is 2.44 bits per heavy atom. The molecule has 8 heteroatoms. The molecule has 0 saturated carbocycles. The zero-order valence-electron chi connectivity index (χ0n) is 18.1. The number of nitrogens with zero attached hydrogens (tertiary/aromatic N) is 4. The number of benzene rings is 2. The summed E-state index contributed by atoms with van der Waals surface area (Å²) in [5.41, 5.74) is 5.38. The van der Waals surface area contributed by atoms with E-state index < -0.39 is 5.97 Å². The third-order valence-corrected chi connectivity index (χ3v) is 6.32. The van der Waals surface area contributed by atoms with Crippen LogP contribution in [0.2, 0.25) is 5.02 Å². The molecule has 32 heavy (non-hydrogen) atoms. The molecule has 4 rings (SSSR count). The number of hydrogen-bond donors (Lipinski definition) is 0. The van der Waals surface area contributed by atoms with Crippen molar-refractivity contribution in [2.45, 2.75) is 37.8 Å². The molecule has 6 nitrogen and oxygen atoms in total. The highest BCUT2D eigenvalue weighted by molar-refractivity contribution is 7.98. The number of fused-ring (bicyclic) bond motifs is 1. The summed E-state index contributed by atoms with van der Waals surface area (Å²) in [6.45, 7) is 6.13. The van der Waals surface area contributed by atoms with Crippen LogP contribution in [-0.2, 0) is 16.9 Å². The minimum absolute atomic E-state index is 0.187. The van der Waals surface area contributed by atoms with Crippen molar-refractivity contribution in [3.63, 3.8) is 0 Å². The minimum Gasteiger partial charge on any atom is -0.461 e. The van der Waals surface area contributed by atoms with E-state index in [0.717, 1.165) is 21.7 Å². The monoisotopic (exact) mass is 466 g/mol. The van der Waals surface area contributed by atoms with Gasteiger partial charge in [0.1, 0.15) is 0 Å². The van der Waals surface area contributed by atoms with Crippen molar-refractivity contribution in [1.82, 2.24) is 19.8 Å². The number of carbonyl (C=O) groups is 1. The molecule has 0 unspecified atom stereocenters. The fraction of sp³-hybridized carbons (Fsp3) is 0.250. The van der Waals surface area contributed by atoms with Gasteiger partial charge in [0.2, 0.25) is 0 Å². The van der Waals surface area contributed by atoms with E-state index in [1.807, 2.05) is 31.2 Å². The highest BCUT2D eigenvalue weighted by Gasteiger charge is 2.24. The minimum atomic E-state index is -0.497. The summed E-state index contributed by atoms with van der Waals surface area (Å²) in [7, 11) is 0. The first-order chi connectivity index (χ1) is 15.5. The summed E-state index contributed by atoms with van der Waals surface area (Å²) >= 11 is 7.70. The topological polar surface area (TPSA) is 69.4 Å². The highest BCUT2D eigenvalue weighted by Crippen LogP contribution is 2.31. The number of halogens is 1. The van der Waals surface area contributed by atoms with Crippen LogP contribution < -0.4 is 0 Å². The second kappa shape index (κ2) is 9.71. The van der Waals surface area contributed by atoms with Crippen molar-refractivity contribution in [2.75, 3.05) is 6.61 Å². The summed E-state index contributed by atoms with van der Waals surface area (Å²) in [5.74, 6) is -0.00306. The molecule has 0 aliphatic rings. The van der Waals surface area contributed by atoms with E-state index in [4.69, 9.17) is 21.4 Å². The quantitative estimate of drug-likeness (QED) is 0.254. The Morgan fingerprint density at radius 2 is 1.78 bits per heavy atom. The largest absolute Gasteiger partial charge is 0.461 e. The highest BCUT2D eigenvalue weighted by atomic mass is 35.5. The lowest BCUT2D eigenvalue weighted by Gasteiger charge is -2.10. The van der Waals surface area contributed by atoms with Gasteiger partial charge in [-0.1, -0.05) is 48.4 Å². The lowest BCUT2D eigenvalue weighted by Crippen LogP contribution is -2.16. The van der Waals surface area contributed by atoms with Crippen LogP contribution in [0.25, 0.3) is 16.8 Å². The van der Waals surface area contributed by atoms with Crippen LogP contribution >= 0.6 is 23.4 Å². The molecule has 4 aromatic rings.